The van der Waals surface area contributed by atoms with Gasteiger partial charge < -0.3 is 0 Å². The predicted molar refractivity (Wildman–Crippen MR) is 73.2 cm³/mol. The van der Waals surface area contributed by atoms with Crippen molar-refractivity contribution in [2.24, 2.45) is 0 Å². The molecule has 0 heterocycles. The summed E-state index contributed by atoms with van der Waals surface area (Å²) in [5, 5.41) is 1.47. The Morgan fingerprint density at radius 2 is 2.00 bits per heavy atom. The van der Waals surface area contributed by atoms with Crippen molar-refractivity contribution in [2.45, 2.75) is 17.3 Å². The number of halogens is 3. The molecular weight excluding hydrogens is 330 g/mol. The van der Waals surface area contributed by atoms with E-state index in [1.54, 1.807) is 0 Å². The molecule has 3 heteroatoms. The third-order valence-electron chi connectivity index (χ3n) is 1.94. The van der Waals surface area contributed by atoms with Gasteiger partial charge in [0.25, 0.3) is 0 Å². The van der Waals surface area contributed by atoms with Crippen molar-refractivity contribution in [1.82, 2.24) is 0 Å². The summed E-state index contributed by atoms with van der Waals surface area (Å²) in [7, 11) is 0. The molecule has 0 aromatic rings. The maximum absolute atomic E-state index is 6.19. The topological polar surface area (TPSA) is 0 Å². The van der Waals surface area contributed by atoms with Gasteiger partial charge in [-0.3, -0.25) is 0 Å². The second-order valence-electron chi connectivity index (χ2n) is 3.48. The average molecular weight is 341 g/mol. The van der Waals surface area contributed by atoms with Crippen LogP contribution in [0.5, 0.6) is 0 Å². The van der Waals surface area contributed by atoms with Crippen LogP contribution in [0.3, 0.4) is 0 Å². The first-order chi connectivity index (χ1) is 6.33. The van der Waals surface area contributed by atoms with E-state index in [-0.39, 0.29) is 3.42 Å². The molecule has 0 saturated heterocycles. The van der Waals surface area contributed by atoms with Gasteiger partial charge in [-0.1, -0.05) is 57.9 Å². The van der Waals surface area contributed by atoms with Crippen molar-refractivity contribution in [3.05, 3.63) is 46.0 Å². The number of allylic oxidation sites excluding steroid dienone is 7. The third kappa shape index (κ3) is 2.88. The van der Waals surface area contributed by atoms with E-state index in [1.807, 2.05) is 32.1 Å². The monoisotopic (exact) mass is 340 g/mol. The zero-order valence-corrected chi connectivity index (χ0v) is 11.7. The van der Waals surface area contributed by atoms with E-state index in [4.69, 9.17) is 23.2 Å². The lowest BCUT2D eigenvalue weighted by atomic mass is 10.1. The van der Waals surface area contributed by atoms with Crippen LogP contribution in [-0.2, 0) is 0 Å². The predicted octanol–water partition coefficient (Wildman–Crippen LogP) is 4.94. The SMILES string of the molecule is C=C(C)C1=CC(Cl)=CC(C)(I)C(Cl)=C1. The summed E-state index contributed by atoms with van der Waals surface area (Å²) in [5.41, 5.74) is 1.94. The van der Waals surface area contributed by atoms with Gasteiger partial charge in [0, 0.05) is 10.1 Å². The highest BCUT2D eigenvalue weighted by molar-refractivity contribution is 14.1. The summed E-state index contributed by atoms with van der Waals surface area (Å²) in [6, 6.07) is 0. The lowest BCUT2D eigenvalue weighted by molar-refractivity contribution is 1.03. The molecule has 0 spiro atoms. The molecule has 76 valence electrons. The lowest BCUT2D eigenvalue weighted by Gasteiger charge is -2.16. The molecule has 0 saturated carbocycles. The second kappa shape index (κ2) is 4.42. The Bertz CT molecular complexity index is 359. The summed E-state index contributed by atoms with van der Waals surface area (Å²) >= 11 is 14.5. The number of hydrogen-bond acceptors (Lipinski definition) is 0. The molecule has 0 aliphatic heterocycles. The van der Waals surface area contributed by atoms with Crippen molar-refractivity contribution in [1.29, 1.82) is 0 Å². The fourth-order valence-corrected chi connectivity index (χ4v) is 2.27. The van der Waals surface area contributed by atoms with Crippen molar-refractivity contribution < 1.29 is 0 Å². The molecule has 0 radical (unpaired) electrons. The Labute approximate surface area is 108 Å². The van der Waals surface area contributed by atoms with Crippen molar-refractivity contribution in [3.63, 3.8) is 0 Å². The molecule has 0 fully saturated rings. The van der Waals surface area contributed by atoms with E-state index in [0.717, 1.165) is 16.2 Å². The minimum atomic E-state index is -0.232. The molecule has 1 atom stereocenters. The van der Waals surface area contributed by atoms with Gasteiger partial charge >= 0.3 is 0 Å². The molecule has 0 bridgehead atoms. The van der Waals surface area contributed by atoms with E-state index < -0.39 is 0 Å². The van der Waals surface area contributed by atoms with E-state index >= 15 is 0 Å². The van der Waals surface area contributed by atoms with Gasteiger partial charge in [0.05, 0.1) is 3.42 Å². The summed E-state index contributed by atoms with van der Waals surface area (Å²) in [5.74, 6) is 0. The van der Waals surface area contributed by atoms with Gasteiger partial charge in [0.15, 0.2) is 0 Å². The van der Waals surface area contributed by atoms with Crippen molar-refractivity contribution in [2.75, 3.05) is 0 Å². The number of hydrogen-bond donors (Lipinski definition) is 0. The Balaban J connectivity index is 3.24. The van der Waals surface area contributed by atoms with Crippen LogP contribution in [0.15, 0.2) is 46.0 Å². The van der Waals surface area contributed by atoms with Gasteiger partial charge in [-0.2, -0.15) is 0 Å². The summed E-state index contributed by atoms with van der Waals surface area (Å²) in [4.78, 5) is 0. The molecule has 0 nitrogen and oxygen atoms in total. The molecule has 1 unspecified atom stereocenters. The van der Waals surface area contributed by atoms with Gasteiger partial charge in [0.1, 0.15) is 0 Å². The van der Waals surface area contributed by atoms with Gasteiger partial charge in [-0.25, -0.2) is 0 Å². The zero-order valence-electron chi connectivity index (χ0n) is 8.07. The zero-order chi connectivity index (χ0) is 10.9. The van der Waals surface area contributed by atoms with Gasteiger partial charge in [-0.15, -0.1) is 0 Å². The first kappa shape index (κ1) is 12.3. The Hall–Kier alpha value is 0.270. The highest BCUT2D eigenvalue weighted by Crippen LogP contribution is 2.37. The Kier molecular flexibility index (Phi) is 3.89. The minimum Gasteiger partial charge on any atom is -0.0955 e. The molecule has 0 aromatic heterocycles. The van der Waals surface area contributed by atoms with Crippen LogP contribution < -0.4 is 0 Å². The van der Waals surface area contributed by atoms with Gasteiger partial charge in [0.2, 0.25) is 0 Å². The maximum atomic E-state index is 6.19. The average Bonchev–Trinajstić information content (AvgIpc) is 2.09. The molecule has 1 aliphatic carbocycles. The third-order valence-corrected chi connectivity index (χ3v) is 3.88. The van der Waals surface area contributed by atoms with Gasteiger partial charge in [-0.05, 0) is 37.6 Å². The van der Waals surface area contributed by atoms with Crippen molar-refractivity contribution >= 4 is 45.8 Å². The largest absolute Gasteiger partial charge is 0.0955 e. The molecule has 1 rings (SSSR count). The van der Waals surface area contributed by atoms with Crippen LogP contribution in [0.4, 0.5) is 0 Å². The lowest BCUT2D eigenvalue weighted by Crippen LogP contribution is -2.11. The quantitative estimate of drug-likeness (QED) is 0.468. The standard InChI is InChI=1S/C11H11Cl2I/c1-7(2)8-4-9(12)6-11(3,14)10(13)5-8/h4-6H,1H2,2-3H3. The number of alkyl halides is 1. The summed E-state index contributed by atoms with van der Waals surface area (Å²) in [6.45, 7) is 7.83. The van der Waals surface area contributed by atoms with Crippen LogP contribution in [0, 0.1) is 0 Å². The molecule has 1 aliphatic rings. The fourth-order valence-electron chi connectivity index (χ4n) is 1.08. The van der Waals surface area contributed by atoms with Crippen LogP contribution in [0.25, 0.3) is 0 Å². The highest BCUT2D eigenvalue weighted by atomic mass is 127. The van der Waals surface area contributed by atoms with Crippen LogP contribution in [0.2, 0.25) is 0 Å². The van der Waals surface area contributed by atoms with Crippen LogP contribution in [-0.4, -0.2) is 3.42 Å². The normalized spacial score (nSPS) is 27.4. The van der Waals surface area contributed by atoms with E-state index in [9.17, 15) is 0 Å². The molecule has 0 amide bonds. The number of rotatable bonds is 1. The van der Waals surface area contributed by atoms with Crippen molar-refractivity contribution in [3.8, 4) is 0 Å². The minimum absolute atomic E-state index is 0.232. The van der Waals surface area contributed by atoms with Crippen LogP contribution >= 0.6 is 45.8 Å². The highest BCUT2D eigenvalue weighted by Gasteiger charge is 2.24. The summed E-state index contributed by atoms with van der Waals surface area (Å²) in [6.07, 6.45) is 5.74. The first-order valence-corrected chi connectivity index (χ1v) is 5.99. The van der Waals surface area contributed by atoms with E-state index in [1.165, 1.54) is 0 Å². The molecule has 0 aromatic carbocycles. The molecule has 0 N–H and O–H groups in total. The first-order valence-electron chi connectivity index (χ1n) is 4.15. The smallest absolute Gasteiger partial charge is 0.0745 e. The molecule has 14 heavy (non-hydrogen) atoms. The van der Waals surface area contributed by atoms with E-state index in [0.29, 0.717) is 5.03 Å². The summed E-state index contributed by atoms with van der Waals surface area (Å²) < 4.78 is -0.232. The Morgan fingerprint density at radius 3 is 2.50 bits per heavy atom. The maximum Gasteiger partial charge on any atom is 0.0745 e. The van der Waals surface area contributed by atoms with Crippen LogP contribution in [0.1, 0.15) is 13.8 Å². The molecular formula is C11H11Cl2I. The fraction of sp³-hybridized carbons (Fsp3) is 0.273. The van der Waals surface area contributed by atoms with E-state index in [2.05, 4.69) is 29.2 Å². The Morgan fingerprint density at radius 1 is 1.43 bits per heavy atom. The second-order valence-corrected chi connectivity index (χ2v) is 6.56.